The van der Waals surface area contributed by atoms with E-state index in [-0.39, 0.29) is 29.5 Å². The van der Waals surface area contributed by atoms with Crippen LogP contribution in [-0.2, 0) is 11.3 Å². The van der Waals surface area contributed by atoms with E-state index in [0.717, 1.165) is 17.8 Å². The van der Waals surface area contributed by atoms with Gasteiger partial charge in [-0.2, -0.15) is 0 Å². The lowest BCUT2D eigenvalue weighted by Gasteiger charge is -2.59. The minimum atomic E-state index is -0.266. The molecule has 4 aliphatic carbocycles. The van der Waals surface area contributed by atoms with Crippen molar-refractivity contribution in [3.8, 4) is 0 Å². The van der Waals surface area contributed by atoms with E-state index in [4.69, 9.17) is 0 Å². The standard InChI is InChI=1S/C21H26N4O2/c1-13(21-9-14-6-15(10-21)8-16(7-14)11-21)22-19(26)12-25-20(27)17-4-2-3-5-18(17)23-24-25/h2-5,13-16H,6-12H2,1H3,(H,22,26)/t13-,14?,15?,16?,21?/m1/s1. The molecule has 142 valence electrons. The Morgan fingerprint density at radius 1 is 1.19 bits per heavy atom. The van der Waals surface area contributed by atoms with Gasteiger partial charge >= 0.3 is 0 Å². The third kappa shape index (κ3) is 2.86. The molecule has 27 heavy (non-hydrogen) atoms. The fraction of sp³-hybridized carbons (Fsp3) is 0.619. The van der Waals surface area contributed by atoms with Gasteiger partial charge in [0.2, 0.25) is 5.91 Å². The van der Waals surface area contributed by atoms with Crippen LogP contribution in [0.5, 0.6) is 0 Å². The van der Waals surface area contributed by atoms with Crippen LogP contribution in [0.2, 0.25) is 0 Å². The Morgan fingerprint density at radius 3 is 2.48 bits per heavy atom. The number of benzene rings is 1. The number of nitrogens with zero attached hydrogens (tertiary/aromatic N) is 3. The van der Waals surface area contributed by atoms with Crippen LogP contribution >= 0.6 is 0 Å². The van der Waals surface area contributed by atoms with Crippen LogP contribution < -0.4 is 10.9 Å². The van der Waals surface area contributed by atoms with Crippen molar-refractivity contribution >= 4 is 16.8 Å². The topological polar surface area (TPSA) is 76.9 Å². The molecule has 1 N–H and O–H groups in total. The number of hydrogen-bond donors (Lipinski definition) is 1. The maximum Gasteiger partial charge on any atom is 0.278 e. The van der Waals surface area contributed by atoms with E-state index in [1.807, 2.05) is 6.07 Å². The second kappa shape index (κ2) is 6.14. The Balaban J connectivity index is 1.31. The molecule has 0 radical (unpaired) electrons. The SMILES string of the molecule is C[C@@H](NC(=O)Cn1nnc2ccccc2c1=O)C12CC3CC(CC(C3)C1)C2. The van der Waals surface area contributed by atoms with Crippen LogP contribution in [0.1, 0.15) is 45.4 Å². The number of nitrogens with one attached hydrogen (secondary N) is 1. The normalized spacial score (nSPS) is 32.6. The van der Waals surface area contributed by atoms with E-state index in [1.54, 1.807) is 18.2 Å². The zero-order valence-electron chi connectivity index (χ0n) is 15.7. The molecule has 4 aliphatic rings. The Morgan fingerprint density at radius 2 is 1.81 bits per heavy atom. The number of hydrogen-bond acceptors (Lipinski definition) is 4. The van der Waals surface area contributed by atoms with E-state index < -0.39 is 0 Å². The molecule has 6 heteroatoms. The summed E-state index contributed by atoms with van der Waals surface area (Å²) >= 11 is 0. The van der Waals surface area contributed by atoms with Gasteiger partial charge in [-0.15, -0.1) is 5.10 Å². The molecule has 2 aromatic rings. The largest absolute Gasteiger partial charge is 0.351 e. The van der Waals surface area contributed by atoms with Crippen LogP contribution in [0.25, 0.3) is 10.9 Å². The molecule has 0 spiro atoms. The zero-order chi connectivity index (χ0) is 18.6. The third-order valence-electron chi connectivity index (χ3n) is 7.30. The van der Waals surface area contributed by atoms with Gasteiger partial charge in [-0.3, -0.25) is 9.59 Å². The van der Waals surface area contributed by atoms with Crippen LogP contribution in [0, 0.1) is 23.2 Å². The average molecular weight is 366 g/mol. The zero-order valence-corrected chi connectivity index (χ0v) is 15.7. The molecule has 0 saturated heterocycles. The van der Waals surface area contributed by atoms with Gasteiger partial charge in [0.05, 0.1) is 5.39 Å². The fourth-order valence-corrected chi connectivity index (χ4v) is 6.41. The molecule has 6 nitrogen and oxygen atoms in total. The van der Waals surface area contributed by atoms with Gasteiger partial charge in [0.25, 0.3) is 5.56 Å². The molecule has 1 amide bonds. The highest BCUT2D eigenvalue weighted by atomic mass is 16.2. The van der Waals surface area contributed by atoms with E-state index in [9.17, 15) is 9.59 Å². The van der Waals surface area contributed by atoms with E-state index in [0.29, 0.717) is 10.9 Å². The van der Waals surface area contributed by atoms with Gasteiger partial charge in [-0.1, -0.05) is 17.3 Å². The Kier molecular flexibility index (Phi) is 3.85. The number of amides is 1. The summed E-state index contributed by atoms with van der Waals surface area (Å²) in [5, 5.41) is 11.7. The van der Waals surface area contributed by atoms with Gasteiger partial charge in [0.15, 0.2) is 0 Å². The molecule has 4 bridgehead atoms. The maximum absolute atomic E-state index is 12.7. The maximum atomic E-state index is 12.7. The summed E-state index contributed by atoms with van der Waals surface area (Å²) in [5.74, 6) is 2.41. The van der Waals surface area contributed by atoms with Crippen molar-refractivity contribution in [1.29, 1.82) is 0 Å². The molecule has 4 fully saturated rings. The van der Waals surface area contributed by atoms with Crippen molar-refractivity contribution in [2.75, 3.05) is 0 Å². The molecule has 4 saturated carbocycles. The summed E-state index contributed by atoms with van der Waals surface area (Å²) in [6.45, 7) is 2.08. The molecule has 6 rings (SSSR count). The summed E-state index contributed by atoms with van der Waals surface area (Å²) in [4.78, 5) is 25.2. The Labute approximate surface area is 158 Å². The highest BCUT2D eigenvalue weighted by Gasteiger charge is 2.53. The number of fused-ring (bicyclic) bond motifs is 1. The summed E-state index contributed by atoms with van der Waals surface area (Å²) in [5.41, 5.74) is 0.545. The predicted octanol–water partition coefficient (Wildman–Crippen LogP) is 2.51. The van der Waals surface area contributed by atoms with E-state index in [2.05, 4.69) is 22.6 Å². The molecule has 1 aromatic heterocycles. The smallest absolute Gasteiger partial charge is 0.278 e. The molecular weight excluding hydrogens is 340 g/mol. The summed E-state index contributed by atoms with van der Waals surface area (Å²) in [6.07, 6.45) is 7.91. The minimum Gasteiger partial charge on any atom is -0.351 e. The Hall–Kier alpha value is -2.24. The average Bonchev–Trinajstić information content (AvgIpc) is 2.63. The first-order chi connectivity index (χ1) is 13.0. The quantitative estimate of drug-likeness (QED) is 0.902. The molecule has 1 atom stereocenters. The number of carbonyl (C=O) groups is 1. The second-order valence-electron chi connectivity index (χ2n) is 9.14. The molecule has 0 unspecified atom stereocenters. The second-order valence-corrected chi connectivity index (χ2v) is 9.14. The van der Waals surface area contributed by atoms with Gasteiger partial charge < -0.3 is 5.32 Å². The van der Waals surface area contributed by atoms with Crippen LogP contribution in [0.15, 0.2) is 29.1 Å². The number of aromatic nitrogens is 3. The van der Waals surface area contributed by atoms with E-state index in [1.165, 1.54) is 43.2 Å². The first-order valence-corrected chi connectivity index (χ1v) is 10.1. The van der Waals surface area contributed by atoms with Gasteiger partial charge in [0.1, 0.15) is 12.1 Å². The lowest BCUT2D eigenvalue weighted by molar-refractivity contribution is -0.126. The molecular formula is C21H26N4O2. The monoisotopic (exact) mass is 366 g/mol. The van der Waals surface area contributed by atoms with Crippen molar-refractivity contribution in [1.82, 2.24) is 20.3 Å². The molecule has 0 aliphatic heterocycles. The van der Waals surface area contributed by atoms with Crippen molar-refractivity contribution in [2.45, 2.75) is 58.0 Å². The fourth-order valence-electron chi connectivity index (χ4n) is 6.41. The van der Waals surface area contributed by atoms with Gasteiger partial charge in [-0.25, -0.2) is 4.68 Å². The lowest BCUT2D eigenvalue weighted by Crippen LogP contribution is -2.56. The van der Waals surface area contributed by atoms with Crippen molar-refractivity contribution in [3.05, 3.63) is 34.6 Å². The first kappa shape index (κ1) is 16.9. The van der Waals surface area contributed by atoms with Crippen LogP contribution in [0.3, 0.4) is 0 Å². The number of rotatable bonds is 4. The highest BCUT2D eigenvalue weighted by Crippen LogP contribution is 2.61. The first-order valence-electron chi connectivity index (χ1n) is 10.1. The van der Waals surface area contributed by atoms with Crippen molar-refractivity contribution in [3.63, 3.8) is 0 Å². The summed E-state index contributed by atoms with van der Waals surface area (Å²) in [6, 6.07) is 7.23. The predicted molar refractivity (Wildman–Crippen MR) is 102 cm³/mol. The third-order valence-corrected chi connectivity index (χ3v) is 7.30. The van der Waals surface area contributed by atoms with E-state index >= 15 is 0 Å². The van der Waals surface area contributed by atoms with Crippen molar-refractivity contribution < 1.29 is 4.79 Å². The molecule has 1 heterocycles. The lowest BCUT2D eigenvalue weighted by atomic mass is 9.48. The van der Waals surface area contributed by atoms with Gasteiger partial charge in [0, 0.05) is 6.04 Å². The Bertz CT molecular complexity index is 915. The summed E-state index contributed by atoms with van der Waals surface area (Å²) in [7, 11) is 0. The van der Waals surface area contributed by atoms with Crippen LogP contribution in [0.4, 0.5) is 0 Å². The molecule has 1 aromatic carbocycles. The van der Waals surface area contributed by atoms with Crippen molar-refractivity contribution in [2.24, 2.45) is 23.2 Å². The van der Waals surface area contributed by atoms with Gasteiger partial charge in [-0.05, 0) is 80.8 Å². The summed E-state index contributed by atoms with van der Waals surface area (Å²) < 4.78 is 1.17. The number of carbonyl (C=O) groups excluding carboxylic acids is 1. The van der Waals surface area contributed by atoms with Crippen LogP contribution in [-0.4, -0.2) is 26.9 Å². The minimum absolute atomic E-state index is 0.0760. The highest BCUT2D eigenvalue weighted by molar-refractivity contribution is 5.78.